The van der Waals surface area contributed by atoms with Gasteiger partial charge in [0, 0.05) is 6.20 Å². The molecular formula is C18H20N6O4. The second-order valence-corrected chi connectivity index (χ2v) is 6.34. The van der Waals surface area contributed by atoms with Gasteiger partial charge in [0.05, 0.1) is 30.5 Å². The molecule has 10 heteroatoms. The van der Waals surface area contributed by atoms with Gasteiger partial charge in [-0.05, 0) is 19.4 Å². The first-order valence-electron chi connectivity index (χ1n) is 8.53. The van der Waals surface area contributed by atoms with Crippen LogP contribution in [0.3, 0.4) is 0 Å². The van der Waals surface area contributed by atoms with E-state index < -0.39 is 11.0 Å². The fraction of sp³-hybridized carbons (Fsp3) is 0.278. The van der Waals surface area contributed by atoms with Crippen molar-refractivity contribution in [1.29, 1.82) is 0 Å². The van der Waals surface area contributed by atoms with E-state index in [2.05, 4.69) is 21.6 Å². The van der Waals surface area contributed by atoms with Gasteiger partial charge in [-0.1, -0.05) is 29.8 Å². The molecule has 0 bridgehead atoms. The Balaban J connectivity index is 1.68. The summed E-state index contributed by atoms with van der Waals surface area (Å²) >= 11 is 0. The number of anilines is 1. The van der Waals surface area contributed by atoms with Gasteiger partial charge in [-0.15, -0.1) is 5.10 Å². The molecule has 10 nitrogen and oxygen atoms in total. The minimum Gasteiger partial charge on any atom is -0.475 e. The van der Waals surface area contributed by atoms with Crippen LogP contribution in [-0.2, 0) is 11.3 Å². The van der Waals surface area contributed by atoms with Crippen LogP contribution in [0.15, 0.2) is 42.9 Å². The summed E-state index contributed by atoms with van der Waals surface area (Å²) < 4.78 is 7.80. The fourth-order valence-corrected chi connectivity index (χ4v) is 2.71. The van der Waals surface area contributed by atoms with Crippen LogP contribution in [0, 0.1) is 17.0 Å². The number of carbonyl (C=O) groups is 1. The molecule has 0 spiro atoms. The molecule has 1 N–H and O–H groups in total. The normalized spacial score (nSPS) is 11.8. The smallest absolute Gasteiger partial charge is 0.350 e. The molecule has 1 unspecified atom stereocenters. The molecule has 0 aliphatic rings. The Morgan fingerprint density at radius 3 is 2.82 bits per heavy atom. The summed E-state index contributed by atoms with van der Waals surface area (Å²) in [5.41, 5.74) is 2.49. The number of nitro groups is 1. The van der Waals surface area contributed by atoms with Crippen LogP contribution in [0.5, 0.6) is 5.88 Å². The van der Waals surface area contributed by atoms with E-state index in [1.54, 1.807) is 24.0 Å². The molecule has 1 atom stereocenters. The number of carbonyl (C=O) groups excluding carboxylic acids is 1. The van der Waals surface area contributed by atoms with Crippen LogP contribution in [0.2, 0.25) is 0 Å². The summed E-state index contributed by atoms with van der Waals surface area (Å²) in [6.07, 6.45) is 4.44. The first-order valence-corrected chi connectivity index (χ1v) is 8.53. The number of benzene rings is 1. The van der Waals surface area contributed by atoms with E-state index in [-0.39, 0.29) is 17.5 Å². The molecule has 3 aromatic rings. The number of hydrogen-bond acceptors (Lipinski definition) is 6. The molecular weight excluding hydrogens is 364 g/mol. The van der Waals surface area contributed by atoms with Crippen LogP contribution in [0.1, 0.15) is 24.1 Å². The van der Waals surface area contributed by atoms with Gasteiger partial charge in [-0.25, -0.2) is 4.68 Å². The molecule has 1 amide bonds. The number of hydrogen-bond donors (Lipinski definition) is 1. The second-order valence-electron chi connectivity index (χ2n) is 6.34. The van der Waals surface area contributed by atoms with E-state index in [9.17, 15) is 14.9 Å². The number of aromatic nitrogens is 4. The highest BCUT2D eigenvalue weighted by atomic mass is 16.6. The van der Waals surface area contributed by atoms with Crippen molar-refractivity contribution in [2.45, 2.75) is 26.4 Å². The van der Waals surface area contributed by atoms with E-state index >= 15 is 0 Å². The van der Waals surface area contributed by atoms with Crippen LogP contribution < -0.4 is 10.1 Å². The minimum absolute atomic E-state index is 0.143. The molecule has 28 heavy (non-hydrogen) atoms. The zero-order valence-corrected chi connectivity index (χ0v) is 15.7. The number of rotatable bonds is 7. The van der Waals surface area contributed by atoms with Gasteiger partial charge < -0.3 is 10.1 Å². The third-order valence-electron chi connectivity index (χ3n) is 4.17. The summed E-state index contributed by atoms with van der Waals surface area (Å²) in [5.74, 6) is -0.522. The Bertz CT molecular complexity index is 1010. The summed E-state index contributed by atoms with van der Waals surface area (Å²) in [4.78, 5) is 22.9. The van der Waals surface area contributed by atoms with Gasteiger partial charge >= 0.3 is 11.6 Å². The van der Waals surface area contributed by atoms with Crippen molar-refractivity contribution in [3.05, 3.63) is 64.1 Å². The quantitative estimate of drug-likeness (QED) is 0.494. The van der Waals surface area contributed by atoms with E-state index in [1.165, 1.54) is 18.0 Å². The largest absolute Gasteiger partial charge is 0.475 e. The van der Waals surface area contributed by atoms with Crippen molar-refractivity contribution in [3.63, 3.8) is 0 Å². The molecule has 2 aromatic heterocycles. The van der Waals surface area contributed by atoms with Gasteiger partial charge in [0.2, 0.25) is 5.91 Å². The van der Waals surface area contributed by atoms with Crippen LogP contribution in [0.4, 0.5) is 11.4 Å². The highest BCUT2D eigenvalue weighted by molar-refractivity contribution is 5.93. The number of nitrogens with one attached hydrogen (secondary N) is 1. The highest BCUT2D eigenvalue weighted by Crippen LogP contribution is 2.26. The fourth-order valence-electron chi connectivity index (χ4n) is 2.71. The lowest BCUT2D eigenvalue weighted by atomic mass is 10.1. The van der Waals surface area contributed by atoms with Crippen LogP contribution >= 0.6 is 0 Å². The molecule has 0 saturated carbocycles. The Kier molecular flexibility index (Phi) is 5.39. The van der Waals surface area contributed by atoms with Crippen molar-refractivity contribution >= 4 is 17.3 Å². The minimum atomic E-state index is -0.775. The van der Waals surface area contributed by atoms with E-state index in [1.807, 2.05) is 25.1 Å². The first-order chi connectivity index (χ1) is 13.4. The maximum Gasteiger partial charge on any atom is 0.350 e. The number of methoxy groups -OCH3 is 1. The molecule has 0 radical (unpaired) electrons. The highest BCUT2D eigenvalue weighted by Gasteiger charge is 2.25. The van der Waals surface area contributed by atoms with Gasteiger partial charge in [0.1, 0.15) is 12.2 Å². The summed E-state index contributed by atoms with van der Waals surface area (Å²) in [5, 5.41) is 22.0. The lowest BCUT2D eigenvalue weighted by Gasteiger charge is -2.10. The van der Waals surface area contributed by atoms with E-state index in [0.29, 0.717) is 12.2 Å². The van der Waals surface area contributed by atoms with Gasteiger partial charge in [0.25, 0.3) is 0 Å². The van der Waals surface area contributed by atoms with Crippen molar-refractivity contribution in [1.82, 2.24) is 19.6 Å². The zero-order chi connectivity index (χ0) is 20.3. The topological polar surface area (TPSA) is 117 Å². The molecule has 3 rings (SSSR count). The SMILES string of the molecule is COc1nn(C(C)C(=O)Nc2cnn(Cc3cccc(C)c3)c2)cc1[N+](=O)[O-]. The lowest BCUT2D eigenvalue weighted by molar-refractivity contribution is -0.385. The maximum atomic E-state index is 12.5. The Morgan fingerprint density at radius 2 is 2.18 bits per heavy atom. The maximum absolute atomic E-state index is 12.5. The summed E-state index contributed by atoms with van der Waals surface area (Å²) in [6, 6.07) is 7.31. The van der Waals surface area contributed by atoms with Crippen molar-refractivity contribution < 1.29 is 14.5 Å². The molecule has 0 saturated heterocycles. The molecule has 0 aliphatic heterocycles. The molecule has 0 fully saturated rings. The monoisotopic (exact) mass is 384 g/mol. The second kappa shape index (κ2) is 7.91. The Hall–Kier alpha value is -3.69. The standard InChI is InChI=1S/C18H20N6O4/c1-12-5-4-6-14(7-12)9-22-10-15(8-19-22)20-17(25)13(2)23-11-16(24(26)27)18(21-23)28-3/h4-8,10-11,13H,9H2,1-3H3,(H,20,25). The number of amides is 1. The molecule has 2 heterocycles. The molecule has 1 aromatic carbocycles. The molecule has 146 valence electrons. The predicted molar refractivity (Wildman–Crippen MR) is 101 cm³/mol. The van der Waals surface area contributed by atoms with Gasteiger partial charge in [-0.2, -0.15) is 5.10 Å². The van der Waals surface area contributed by atoms with Crippen molar-refractivity contribution in [2.24, 2.45) is 0 Å². The molecule has 0 aliphatic carbocycles. The van der Waals surface area contributed by atoms with Crippen molar-refractivity contribution in [3.8, 4) is 5.88 Å². The lowest BCUT2D eigenvalue weighted by Crippen LogP contribution is -2.23. The van der Waals surface area contributed by atoms with Gasteiger partial charge in [-0.3, -0.25) is 19.6 Å². The number of aryl methyl sites for hydroxylation is 1. The van der Waals surface area contributed by atoms with Crippen LogP contribution in [0.25, 0.3) is 0 Å². The Labute approximate surface area is 160 Å². The summed E-state index contributed by atoms with van der Waals surface area (Å²) in [6.45, 7) is 4.19. The third-order valence-corrected chi connectivity index (χ3v) is 4.17. The number of nitrogens with zero attached hydrogens (tertiary/aromatic N) is 5. The van der Waals surface area contributed by atoms with Gasteiger partial charge in [0.15, 0.2) is 0 Å². The average molecular weight is 384 g/mol. The Morgan fingerprint density at radius 1 is 1.39 bits per heavy atom. The first kappa shape index (κ1) is 19.1. The number of ether oxygens (including phenoxy) is 1. The third kappa shape index (κ3) is 4.17. The zero-order valence-electron chi connectivity index (χ0n) is 15.7. The average Bonchev–Trinajstić information content (AvgIpc) is 3.28. The van der Waals surface area contributed by atoms with Crippen LogP contribution in [-0.4, -0.2) is 37.5 Å². The van der Waals surface area contributed by atoms with E-state index in [4.69, 9.17) is 4.74 Å². The van der Waals surface area contributed by atoms with E-state index in [0.717, 1.165) is 11.1 Å². The summed E-state index contributed by atoms with van der Waals surface area (Å²) in [7, 11) is 1.28. The van der Waals surface area contributed by atoms with Crippen molar-refractivity contribution in [2.75, 3.05) is 12.4 Å². The predicted octanol–water partition coefficient (Wildman–Crippen LogP) is 2.55.